The van der Waals surface area contributed by atoms with Gasteiger partial charge in [-0.1, -0.05) is 6.07 Å². The molecule has 0 fully saturated rings. The average molecular weight is 295 g/mol. The predicted molar refractivity (Wildman–Crippen MR) is 84.6 cm³/mol. The second-order valence-electron chi connectivity index (χ2n) is 5.39. The molecule has 0 saturated heterocycles. The van der Waals surface area contributed by atoms with Crippen LogP contribution in [0.2, 0.25) is 0 Å². The summed E-state index contributed by atoms with van der Waals surface area (Å²) >= 11 is 0. The van der Waals surface area contributed by atoms with Gasteiger partial charge in [0, 0.05) is 5.69 Å². The lowest BCUT2D eigenvalue weighted by Gasteiger charge is -2.32. The van der Waals surface area contributed by atoms with Crippen molar-refractivity contribution in [3.63, 3.8) is 0 Å². The molecule has 0 bridgehead atoms. The third kappa shape index (κ3) is 2.17. The second kappa shape index (κ2) is 5.30. The van der Waals surface area contributed by atoms with Crippen LogP contribution in [-0.4, -0.2) is 13.8 Å². The molecule has 2 aromatic carbocycles. The Kier molecular flexibility index (Phi) is 3.15. The van der Waals surface area contributed by atoms with Crippen LogP contribution >= 0.6 is 0 Å². The Balaban J connectivity index is 1.65. The van der Waals surface area contributed by atoms with Gasteiger partial charge in [-0.3, -0.25) is 0 Å². The van der Waals surface area contributed by atoms with E-state index in [1.54, 1.807) is 13.4 Å². The van der Waals surface area contributed by atoms with Gasteiger partial charge in [-0.15, -0.1) is 0 Å². The van der Waals surface area contributed by atoms with E-state index >= 15 is 0 Å². The van der Waals surface area contributed by atoms with E-state index < -0.39 is 0 Å². The lowest BCUT2D eigenvalue weighted by atomic mass is 10.0. The molecule has 2 aliphatic heterocycles. The van der Waals surface area contributed by atoms with Crippen molar-refractivity contribution in [2.45, 2.75) is 13.0 Å². The van der Waals surface area contributed by atoms with Gasteiger partial charge in [-0.05, 0) is 48.4 Å². The number of fused-ring (bicyclic) bond motifs is 3. The minimum atomic E-state index is 0.536. The number of hydrogen-bond donors (Lipinski definition) is 0. The summed E-state index contributed by atoms with van der Waals surface area (Å²) in [4.78, 5) is 2.18. The summed E-state index contributed by atoms with van der Waals surface area (Å²) in [5.74, 6) is 2.71. The van der Waals surface area contributed by atoms with Gasteiger partial charge in [0.15, 0.2) is 6.73 Å². The molecule has 0 amide bonds. The highest BCUT2D eigenvalue weighted by molar-refractivity contribution is 5.57. The molecule has 2 aliphatic rings. The van der Waals surface area contributed by atoms with Gasteiger partial charge in [0.1, 0.15) is 17.2 Å². The van der Waals surface area contributed by atoms with Crippen molar-refractivity contribution in [1.29, 1.82) is 0 Å². The van der Waals surface area contributed by atoms with E-state index in [1.165, 1.54) is 5.56 Å². The molecule has 22 heavy (non-hydrogen) atoms. The van der Waals surface area contributed by atoms with Gasteiger partial charge in [-0.2, -0.15) is 0 Å². The maximum absolute atomic E-state index is 5.90. The number of nitrogens with zero attached hydrogens (tertiary/aromatic N) is 1. The molecule has 4 heteroatoms. The fourth-order valence-electron chi connectivity index (χ4n) is 2.88. The molecule has 0 spiro atoms. The first kappa shape index (κ1) is 13.1. The Morgan fingerprint density at radius 1 is 1.09 bits per heavy atom. The predicted octanol–water partition coefficient (Wildman–Crippen LogP) is 3.50. The number of allylic oxidation sites excluding steroid dienone is 1. The van der Waals surface area contributed by atoms with Crippen LogP contribution in [0, 0.1) is 0 Å². The van der Waals surface area contributed by atoms with Crippen molar-refractivity contribution >= 4 is 5.69 Å². The molecule has 4 nitrogen and oxygen atoms in total. The first-order valence-electron chi connectivity index (χ1n) is 7.33. The maximum Gasteiger partial charge on any atom is 0.161 e. The van der Waals surface area contributed by atoms with Crippen LogP contribution in [0.5, 0.6) is 17.2 Å². The maximum atomic E-state index is 5.90. The Bertz CT molecular complexity index is 722. The lowest BCUT2D eigenvalue weighted by Crippen LogP contribution is -2.32. The Morgan fingerprint density at radius 2 is 1.95 bits per heavy atom. The monoisotopic (exact) mass is 295 g/mol. The third-order valence-corrected chi connectivity index (χ3v) is 4.08. The third-order valence-electron chi connectivity index (χ3n) is 4.08. The van der Waals surface area contributed by atoms with Crippen molar-refractivity contribution < 1.29 is 14.2 Å². The van der Waals surface area contributed by atoms with Crippen LogP contribution < -0.4 is 19.1 Å². The van der Waals surface area contributed by atoms with E-state index in [4.69, 9.17) is 14.2 Å². The molecule has 0 radical (unpaired) electrons. The number of benzene rings is 2. The first-order valence-corrected chi connectivity index (χ1v) is 7.33. The van der Waals surface area contributed by atoms with Crippen molar-refractivity contribution in [3.05, 3.63) is 59.9 Å². The zero-order valence-corrected chi connectivity index (χ0v) is 12.4. The van der Waals surface area contributed by atoms with Crippen LogP contribution in [0.3, 0.4) is 0 Å². The zero-order valence-electron chi connectivity index (χ0n) is 12.4. The molecule has 0 aliphatic carbocycles. The van der Waals surface area contributed by atoms with Gasteiger partial charge in [0.25, 0.3) is 0 Å². The summed E-state index contributed by atoms with van der Waals surface area (Å²) in [6.45, 7) is 1.31. The van der Waals surface area contributed by atoms with E-state index in [0.29, 0.717) is 6.73 Å². The van der Waals surface area contributed by atoms with Crippen molar-refractivity contribution in [2.24, 2.45) is 0 Å². The van der Waals surface area contributed by atoms with E-state index in [-0.39, 0.29) is 0 Å². The quantitative estimate of drug-likeness (QED) is 0.848. The fraction of sp³-hybridized carbons (Fsp3) is 0.222. The number of ether oxygens (including phenoxy) is 3. The minimum absolute atomic E-state index is 0.536. The van der Waals surface area contributed by atoms with Gasteiger partial charge >= 0.3 is 0 Å². The summed E-state index contributed by atoms with van der Waals surface area (Å²) in [6, 6.07) is 12.1. The molecular formula is C18H17NO3. The highest BCUT2D eigenvalue weighted by Gasteiger charge is 2.24. The topological polar surface area (TPSA) is 30.9 Å². The number of anilines is 1. The highest BCUT2D eigenvalue weighted by Crippen LogP contribution is 2.39. The molecular weight excluding hydrogens is 278 g/mol. The van der Waals surface area contributed by atoms with Gasteiger partial charge in [-0.25, -0.2) is 0 Å². The summed E-state index contributed by atoms with van der Waals surface area (Å²) in [7, 11) is 1.67. The molecule has 0 aromatic heterocycles. The van der Waals surface area contributed by atoms with Crippen LogP contribution in [0.1, 0.15) is 11.1 Å². The molecule has 4 rings (SSSR count). The van der Waals surface area contributed by atoms with Crippen LogP contribution in [0.15, 0.2) is 48.7 Å². The number of rotatable bonds is 2. The molecule has 0 saturated carbocycles. The summed E-state index contributed by atoms with van der Waals surface area (Å²) in [5, 5.41) is 0. The van der Waals surface area contributed by atoms with Crippen molar-refractivity contribution in [2.75, 3.05) is 18.7 Å². The second-order valence-corrected chi connectivity index (χ2v) is 5.39. The minimum Gasteiger partial charge on any atom is -0.497 e. The highest BCUT2D eigenvalue weighted by atomic mass is 16.5. The van der Waals surface area contributed by atoms with Gasteiger partial charge in [0.2, 0.25) is 0 Å². The molecule has 0 atom stereocenters. The molecule has 0 N–H and O–H groups in total. The van der Waals surface area contributed by atoms with E-state index in [2.05, 4.69) is 11.0 Å². The van der Waals surface area contributed by atoms with Crippen LogP contribution in [0.25, 0.3) is 0 Å². The largest absolute Gasteiger partial charge is 0.497 e. The molecule has 112 valence electrons. The zero-order chi connectivity index (χ0) is 14.9. The summed E-state index contributed by atoms with van der Waals surface area (Å²) in [6.07, 6.45) is 4.69. The Labute approximate surface area is 129 Å². The van der Waals surface area contributed by atoms with Crippen LogP contribution in [-0.2, 0) is 13.0 Å². The van der Waals surface area contributed by atoms with Crippen molar-refractivity contribution in [1.82, 2.24) is 0 Å². The molecule has 0 unspecified atom stereocenters. The van der Waals surface area contributed by atoms with E-state index in [1.807, 2.05) is 36.4 Å². The van der Waals surface area contributed by atoms with Crippen molar-refractivity contribution in [3.8, 4) is 17.2 Å². The molecule has 2 aromatic rings. The van der Waals surface area contributed by atoms with Gasteiger partial charge < -0.3 is 19.1 Å². The standard InChI is InChI=1S/C18H17NO3/c1-20-15-7-5-14(6-8-15)19-11-16-17(22-12-19)9-4-13-3-2-10-21-18(13)16/h2,4-10H,3,11-12H2,1H3. The number of hydrogen-bond acceptors (Lipinski definition) is 4. The molecule has 2 heterocycles. The van der Waals surface area contributed by atoms with E-state index in [0.717, 1.165) is 41.5 Å². The lowest BCUT2D eigenvalue weighted by molar-refractivity contribution is 0.284. The Hall–Kier alpha value is -2.62. The summed E-state index contributed by atoms with van der Waals surface area (Å²) in [5.41, 5.74) is 3.43. The first-order chi connectivity index (χ1) is 10.8. The van der Waals surface area contributed by atoms with Gasteiger partial charge in [0.05, 0.1) is 25.5 Å². The van der Waals surface area contributed by atoms with Crippen LogP contribution in [0.4, 0.5) is 5.69 Å². The fourth-order valence-corrected chi connectivity index (χ4v) is 2.88. The smallest absolute Gasteiger partial charge is 0.161 e. The Morgan fingerprint density at radius 3 is 2.77 bits per heavy atom. The summed E-state index contributed by atoms with van der Waals surface area (Å²) < 4.78 is 16.8. The normalized spacial score (nSPS) is 15.4. The SMILES string of the molecule is COc1ccc(N2COc3ccc4c(c3C2)OC=CC4)cc1. The van der Waals surface area contributed by atoms with E-state index in [9.17, 15) is 0 Å². The number of methoxy groups -OCH3 is 1. The average Bonchev–Trinajstić information content (AvgIpc) is 2.61.